The van der Waals surface area contributed by atoms with Crippen LogP contribution in [0.1, 0.15) is 6.92 Å². The molecule has 0 bridgehead atoms. The minimum Gasteiger partial charge on any atom is -0.497 e. The summed E-state index contributed by atoms with van der Waals surface area (Å²) in [6.45, 7) is 1.73. The van der Waals surface area contributed by atoms with E-state index in [4.69, 9.17) is 4.74 Å². The zero-order valence-corrected chi connectivity index (χ0v) is 11.9. The van der Waals surface area contributed by atoms with Crippen LogP contribution in [0.3, 0.4) is 0 Å². The third-order valence-corrected chi connectivity index (χ3v) is 2.96. The number of carbonyl (C=O) groups is 1. The highest BCUT2D eigenvalue weighted by atomic mass is 19.1. The van der Waals surface area contributed by atoms with Crippen LogP contribution < -0.4 is 15.4 Å². The Labute approximate surface area is 122 Å². The van der Waals surface area contributed by atoms with E-state index in [9.17, 15) is 9.18 Å². The molecule has 0 fully saturated rings. The fourth-order valence-electron chi connectivity index (χ4n) is 1.82. The summed E-state index contributed by atoms with van der Waals surface area (Å²) in [5, 5.41) is 5.73. The van der Waals surface area contributed by atoms with Crippen molar-refractivity contribution in [2.45, 2.75) is 13.0 Å². The molecule has 0 aliphatic rings. The molecule has 0 aliphatic heterocycles. The molecular weight excluding hydrogens is 271 g/mol. The second-order valence-electron chi connectivity index (χ2n) is 4.59. The van der Waals surface area contributed by atoms with Crippen LogP contribution in [0, 0.1) is 5.82 Å². The first-order valence-electron chi connectivity index (χ1n) is 6.55. The number of amides is 1. The molecule has 2 rings (SSSR count). The van der Waals surface area contributed by atoms with Gasteiger partial charge in [0, 0.05) is 11.4 Å². The van der Waals surface area contributed by atoms with E-state index in [1.54, 1.807) is 38.3 Å². The Kier molecular flexibility index (Phi) is 4.77. The van der Waals surface area contributed by atoms with Gasteiger partial charge in [0.1, 0.15) is 17.6 Å². The molecule has 110 valence electrons. The van der Waals surface area contributed by atoms with Crippen molar-refractivity contribution in [3.8, 4) is 5.75 Å². The van der Waals surface area contributed by atoms with E-state index in [1.807, 2.05) is 12.1 Å². The molecule has 1 atom stereocenters. The van der Waals surface area contributed by atoms with E-state index < -0.39 is 6.04 Å². The van der Waals surface area contributed by atoms with Crippen molar-refractivity contribution in [3.63, 3.8) is 0 Å². The lowest BCUT2D eigenvalue weighted by molar-refractivity contribution is -0.116. The molecule has 21 heavy (non-hydrogen) atoms. The summed E-state index contributed by atoms with van der Waals surface area (Å²) >= 11 is 0. The molecule has 2 aromatic rings. The number of hydrogen-bond donors (Lipinski definition) is 2. The van der Waals surface area contributed by atoms with E-state index in [-0.39, 0.29) is 11.7 Å². The van der Waals surface area contributed by atoms with E-state index >= 15 is 0 Å². The Morgan fingerprint density at radius 2 is 1.86 bits per heavy atom. The van der Waals surface area contributed by atoms with Gasteiger partial charge in [-0.25, -0.2) is 4.39 Å². The largest absolute Gasteiger partial charge is 0.497 e. The number of rotatable bonds is 5. The Bertz CT molecular complexity index is 614. The van der Waals surface area contributed by atoms with Crippen LogP contribution in [0.2, 0.25) is 0 Å². The van der Waals surface area contributed by atoms with Gasteiger partial charge in [0.2, 0.25) is 5.91 Å². The molecule has 5 heteroatoms. The number of hydrogen-bond acceptors (Lipinski definition) is 3. The molecule has 1 amide bonds. The summed E-state index contributed by atoms with van der Waals surface area (Å²) in [5.41, 5.74) is 1.24. The van der Waals surface area contributed by atoms with Crippen molar-refractivity contribution in [3.05, 3.63) is 54.3 Å². The number of methoxy groups -OCH3 is 1. The number of halogens is 1. The number of nitrogens with one attached hydrogen (secondary N) is 2. The van der Waals surface area contributed by atoms with Gasteiger partial charge in [0.05, 0.1) is 7.11 Å². The lowest BCUT2D eigenvalue weighted by Gasteiger charge is -2.15. The van der Waals surface area contributed by atoms with Crippen LogP contribution in [0.25, 0.3) is 0 Å². The van der Waals surface area contributed by atoms with Gasteiger partial charge < -0.3 is 15.4 Å². The fourth-order valence-corrected chi connectivity index (χ4v) is 1.82. The van der Waals surface area contributed by atoms with E-state index in [0.29, 0.717) is 5.69 Å². The number of anilines is 2. The first-order valence-corrected chi connectivity index (χ1v) is 6.55. The zero-order valence-electron chi connectivity index (χ0n) is 11.9. The third kappa shape index (κ3) is 4.21. The molecule has 1 unspecified atom stereocenters. The van der Waals surface area contributed by atoms with Gasteiger partial charge in [-0.1, -0.05) is 6.07 Å². The molecule has 4 nitrogen and oxygen atoms in total. The minimum atomic E-state index is -0.457. The van der Waals surface area contributed by atoms with E-state index in [1.165, 1.54) is 12.1 Å². The highest BCUT2D eigenvalue weighted by Gasteiger charge is 2.13. The van der Waals surface area contributed by atoms with Crippen molar-refractivity contribution in [1.82, 2.24) is 0 Å². The van der Waals surface area contributed by atoms with Gasteiger partial charge in [0.25, 0.3) is 0 Å². The normalized spacial score (nSPS) is 11.6. The molecule has 0 spiro atoms. The molecule has 2 N–H and O–H groups in total. The van der Waals surface area contributed by atoms with E-state index in [0.717, 1.165) is 11.4 Å². The van der Waals surface area contributed by atoms with Gasteiger partial charge in [-0.2, -0.15) is 0 Å². The lowest BCUT2D eigenvalue weighted by atomic mass is 10.2. The summed E-state index contributed by atoms with van der Waals surface area (Å²) in [6, 6.07) is 12.6. The summed E-state index contributed by atoms with van der Waals surface area (Å²) in [4.78, 5) is 12.0. The average molecular weight is 288 g/mol. The van der Waals surface area contributed by atoms with Gasteiger partial charge in [-0.15, -0.1) is 0 Å². The summed E-state index contributed by atoms with van der Waals surface area (Å²) in [7, 11) is 1.59. The summed E-state index contributed by atoms with van der Waals surface area (Å²) < 4.78 is 18.1. The smallest absolute Gasteiger partial charge is 0.246 e. The maximum atomic E-state index is 13.1. The van der Waals surface area contributed by atoms with Crippen LogP contribution in [0.15, 0.2) is 48.5 Å². The molecule has 0 radical (unpaired) electrons. The maximum absolute atomic E-state index is 13.1. The quantitative estimate of drug-likeness (QED) is 0.887. The van der Waals surface area contributed by atoms with Gasteiger partial charge in [0.15, 0.2) is 0 Å². The van der Waals surface area contributed by atoms with Gasteiger partial charge >= 0.3 is 0 Å². The average Bonchev–Trinajstić information content (AvgIpc) is 2.48. The Morgan fingerprint density at radius 1 is 1.14 bits per heavy atom. The number of carbonyl (C=O) groups excluding carboxylic acids is 1. The fraction of sp³-hybridized carbons (Fsp3) is 0.188. The molecular formula is C16H17FN2O2. The lowest BCUT2D eigenvalue weighted by Crippen LogP contribution is -2.31. The second kappa shape index (κ2) is 6.74. The minimum absolute atomic E-state index is 0.239. The maximum Gasteiger partial charge on any atom is 0.246 e. The van der Waals surface area contributed by atoms with Crippen LogP contribution in [0.4, 0.5) is 15.8 Å². The molecule has 0 aromatic heterocycles. The predicted octanol–water partition coefficient (Wildman–Crippen LogP) is 3.27. The predicted molar refractivity (Wildman–Crippen MR) is 81.1 cm³/mol. The SMILES string of the molecule is COc1ccc(NC(C)C(=O)Nc2cccc(F)c2)cc1. The second-order valence-corrected chi connectivity index (χ2v) is 4.59. The number of benzene rings is 2. The highest BCUT2D eigenvalue weighted by Crippen LogP contribution is 2.16. The van der Waals surface area contributed by atoms with Gasteiger partial charge in [-0.05, 0) is 49.4 Å². The standard InChI is InChI=1S/C16H17FN2O2/c1-11(18-13-6-8-15(21-2)9-7-13)16(20)19-14-5-3-4-12(17)10-14/h3-11,18H,1-2H3,(H,19,20). The topological polar surface area (TPSA) is 50.4 Å². The highest BCUT2D eigenvalue weighted by molar-refractivity contribution is 5.96. The van der Waals surface area contributed by atoms with Crippen molar-refractivity contribution >= 4 is 17.3 Å². The Hall–Kier alpha value is -2.56. The monoisotopic (exact) mass is 288 g/mol. The first kappa shape index (κ1) is 14.8. The van der Waals surface area contributed by atoms with Crippen LogP contribution in [0.5, 0.6) is 5.75 Å². The Morgan fingerprint density at radius 3 is 2.48 bits per heavy atom. The summed E-state index contributed by atoms with van der Waals surface area (Å²) in [6.07, 6.45) is 0. The molecule has 2 aromatic carbocycles. The zero-order chi connectivity index (χ0) is 15.2. The Balaban J connectivity index is 1.95. The third-order valence-electron chi connectivity index (χ3n) is 2.96. The van der Waals surface area contributed by atoms with Crippen LogP contribution in [-0.2, 0) is 4.79 Å². The van der Waals surface area contributed by atoms with Crippen molar-refractivity contribution < 1.29 is 13.9 Å². The first-order chi connectivity index (χ1) is 10.1. The van der Waals surface area contributed by atoms with Crippen molar-refractivity contribution in [1.29, 1.82) is 0 Å². The van der Waals surface area contributed by atoms with Crippen molar-refractivity contribution in [2.75, 3.05) is 17.7 Å². The molecule has 0 heterocycles. The van der Waals surface area contributed by atoms with Crippen LogP contribution in [-0.4, -0.2) is 19.1 Å². The van der Waals surface area contributed by atoms with Gasteiger partial charge in [-0.3, -0.25) is 4.79 Å². The molecule has 0 saturated heterocycles. The molecule has 0 aliphatic carbocycles. The molecule has 0 saturated carbocycles. The number of ether oxygens (including phenoxy) is 1. The van der Waals surface area contributed by atoms with Crippen molar-refractivity contribution in [2.24, 2.45) is 0 Å². The van der Waals surface area contributed by atoms with E-state index in [2.05, 4.69) is 10.6 Å². The van der Waals surface area contributed by atoms with Crippen LogP contribution >= 0.6 is 0 Å². The summed E-state index contributed by atoms with van der Waals surface area (Å²) in [5.74, 6) is 0.123.